The summed E-state index contributed by atoms with van der Waals surface area (Å²) in [7, 11) is 0. The highest BCUT2D eigenvalue weighted by Crippen LogP contribution is 2.37. The number of anilines is 1. The van der Waals surface area contributed by atoms with Crippen LogP contribution in [0.4, 0.5) is 5.82 Å². The van der Waals surface area contributed by atoms with Crippen LogP contribution in [0.2, 0.25) is 0 Å². The fraction of sp³-hybridized carbons (Fsp3) is 0.364. The number of thiazole rings is 1. The number of aromatic nitrogens is 3. The van der Waals surface area contributed by atoms with E-state index in [1.165, 1.54) is 16.9 Å². The number of amides is 2. The van der Waals surface area contributed by atoms with Crippen LogP contribution in [-0.4, -0.2) is 51.3 Å². The number of pyridine rings is 1. The first-order valence-corrected chi connectivity index (χ1v) is 11.0. The van der Waals surface area contributed by atoms with Gasteiger partial charge in [-0.1, -0.05) is 13.0 Å². The van der Waals surface area contributed by atoms with Crippen molar-refractivity contribution in [1.82, 2.24) is 19.9 Å². The molecule has 1 unspecified atom stereocenters. The minimum Gasteiger partial charge on any atom is -0.346 e. The maximum absolute atomic E-state index is 12.8. The second-order valence-electron chi connectivity index (χ2n) is 8.03. The normalized spacial score (nSPS) is 19.1. The summed E-state index contributed by atoms with van der Waals surface area (Å²) in [5.74, 6) is 0.880. The summed E-state index contributed by atoms with van der Waals surface area (Å²) in [4.78, 5) is 40.9. The Morgan fingerprint density at radius 3 is 2.90 bits per heavy atom. The molecule has 3 aromatic heterocycles. The number of hydrogen-bond acceptors (Lipinski definition) is 5. The van der Waals surface area contributed by atoms with Crippen molar-refractivity contribution in [3.05, 3.63) is 46.1 Å². The molecule has 0 aromatic carbocycles. The van der Waals surface area contributed by atoms with Gasteiger partial charge in [-0.2, -0.15) is 0 Å². The third kappa shape index (κ3) is 3.31. The van der Waals surface area contributed by atoms with Gasteiger partial charge in [0, 0.05) is 30.7 Å². The third-order valence-electron chi connectivity index (χ3n) is 5.82. The third-order valence-corrected chi connectivity index (χ3v) is 6.72. The highest BCUT2D eigenvalue weighted by atomic mass is 32.1. The standard InChI is InChI=1S/C22H23N5O2S/c1-13-11-26(22(29)19-10-24-14(2)30-19)8-6-16(13)18-9-20(27(12-28)15-3-4-15)25-21-17(18)5-7-23-21/h5-7,9-10,12-13,15H,3-4,8,11H2,1-2H3,(H,23,25). The van der Waals surface area contributed by atoms with Gasteiger partial charge in [0.2, 0.25) is 6.41 Å². The molecule has 7 nitrogen and oxygen atoms in total. The molecule has 0 saturated heterocycles. The fourth-order valence-electron chi connectivity index (χ4n) is 4.15. The highest BCUT2D eigenvalue weighted by Gasteiger charge is 2.32. The maximum atomic E-state index is 12.8. The molecule has 5 rings (SSSR count). The number of nitrogens with one attached hydrogen (secondary N) is 1. The second-order valence-corrected chi connectivity index (χ2v) is 9.26. The van der Waals surface area contributed by atoms with Crippen LogP contribution < -0.4 is 4.90 Å². The quantitative estimate of drug-likeness (QED) is 0.638. The Kier molecular flexibility index (Phi) is 4.66. The van der Waals surface area contributed by atoms with Gasteiger partial charge in [-0.15, -0.1) is 11.3 Å². The van der Waals surface area contributed by atoms with Crippen LogP contribution in [0.5, 0.6) is 0 Å². The molecule has 0 bridgehead atoms. The van der Waals surface area contributed by atoms with Gasteiger partial charge >= 0.3 is 0 Å². The lowest BCUT2D eigenvalue weighted by molar-refractivity contribution is -0.107. The first-order valence-electron chi connectivity index (χ1n) is 10.2. The van der Waals surface area contributed by atoms with Gasteiger partial charge < -0.3 is 9.88 Å². The number of fused-ring (bicyclic) bond motifs is 1. The van der Waals surface area contributed by atoms with Crippen LogP contribution in [0.1, 0.15) is 40.0 Å². The summed E-state index contributed by atoms with van der Waals surface area (Å²) in [6, 6.07) is 4.30. The molecule has 1 N–H and O–H groups in total. The van der Waals surface area contributed by atoms with E-state index in [1.54, 1.807) is 11.1 Å². The van der Waals surface area contributed by atoms with Crippen molar-refractivity contribution < 1.29 is 9.59 Å². The average molecular weight is 422 g/mol. The molecule has 1 atom stereocenters. The van der Waals surface area contributed by atoms with E-state index in [1.807, 2.05) is 30.2 Å². The molecule has 0 radical (unpaired) electrons. The van der Waals surface area contributed by atoms with Crippen LogP contribution in [0.3, 0.4) is 0 Å². The minimum absolute atomic E-state index is 0.0332. The van der Waals surface area contributed by atoms with Crippen LogP contribution >= 0.6 is 11.3 Å². The van der Waals surface area contributed by atoms with E-state index >= 15 is 0 Å². The van der Waals surface area contributed by atoms with Crippen molar-refractivity contribution in [2.45, 2.75) is 32.7 Å². The first-order chi connectivity index (χ1) is 14.5. The molecule has 2 amide bonds. The molecular formula is C22H23N5O2S. The summed E-state index contributed by atoms with van der Waals surface area (Å²) in [6.07, 6.45) is 8.60. The van der Waals surface area contributed by atoms with Crippen LogP contribution in [0.25, 0.3) is 16.6 Å². The molecule has 1 fully saturated rings. The zero-order valence-corrected chi connectivity index (χ0v) is 17.8. The lowest BCUT2D eigenvalue weighted by Crippen LogP contribution is -2.38. The zero-order chi connectivity index (χ0) is 20.8. The van der Waals surface area contributed by atoms with E-state index in [0.717, 1.165) is 40.9 Å². The summed E-state index contributed by atoms with van der Waals surface area (Å²) in [5.41, 5.74) is 3.05. The van der Waals surface area contributed by atoms with Crippen molar-refractivity contribution in [3.63, 3.8) is 0 Å². The fourth-order valence-corrected chi connectivity index (χ4v) is 4.89. The molecule has 30 heavy (non-hydrogen) atoms. The highest BCUT2D eigenvalue weighted by molar-refractivity contribution is 7.13. The van der Waals surface area contributed by atoms with Crippen molar-refractivity contribution >= 4 is 46.1 Å². The Hall–Kier alpha value is -3.00. The van der Waals surface area contributed by atoms with E-state index < -0.39 is 0 Å². The molecule has 2 aliphatic rings. The molecule has 1 saturated carbocycles. The Balaban J connectivity index is 1.49. The van der Waals surface area contributed by atoms with Gasteiger partial charge in [-0.05, 0) is 49.0 Å². The number of aromatic amines is 1. The summed E-state index contributed by atoms with van der Waals surface area (Å²) in [6.45, 7) is 5.25. The summed E-state index contributed by atoms with van der Waals surface area (Å²) >= 11 is 1.43. The average Bonchev–Trinajstić information content (AvgIpc) is 3.28. The first kappa shape index (κ1) is 19.0. The van der Waals surface area contributed by atoms with Gasteiger partial charge in [0.1, 0.15) is 16.3 Å². The van der Waals surface area contributed by atoms with E-state index in [2.05, 4.69) is 28.0 Å². The van der Waals surface area contributed by atoms with E-state index in [9.17, 15) is 9.59 Å². The molecule has 1 aliphatic carbocycles. The number of aryl methyl sites for hydroxylation is 1. The van der Waals surface area contributed by atoms with Gasteiger partial charge in [0.05, 0.1) is 11.2 Å². The Bertz CT molecular complexity index is 1160. The number of carbonyl (C=O) groups is 2. The van der Waals surface area contributed by atoms with Crippen molar-refractivity contribution in [2.24, 2.45) is 5.92 Å². The van der Waals surface area contributed by atoms with Crippen molar-refractivity contribution in [3.8, 4) is 0 Å². The molecular weight excluding hydrogens is 398 g/mol. The number of carbonyl (C=O) groups excluding carboxylic acids is 2. The lowest BCUT2D eigenvalue weighted by Gasteiger charge is -2.31. The largest absolute Gasteiger partial charge is 0.346 e. The molecule has 4 heterocycles. The van der Waals surface area contributed by atoms with Gasteiger partial charge in [0.15, 0.2) is 0 Å². The van der Waals surface area contributed by atoms with Crippen LogP contribution in [-0.2, 0) is 4.79 Å². The molecule has 3 aromatic rings. The second kappa shape index (κ2) is 7.36. The zero-order valence-electron chi connectivity index (χ0n) is 17.0. The van der Waals surface area contributed by atoms with E-state index in [-0.39, 0.29) is 17.9 Å². The molecule has 1 aliphatic heterocycles. The topological polar surface area (TPSA) is 82.2 Å². The predicted octanol–water partition coefficient (Wildman–Crippen LogP) is 3.63. The van der Waals surface area contributed by atoms with Gasteiger partial charge in [-0.3, -0.25) is 14.5 Å². The molecule has 154 valence electrons. The Morgan fingerprint density at radius 1 is 1.40 bits per heavy atom. The molecule has 0 spiro atoms. The number of rotatable bonds is 5. The van der Waals surface area contributed by atoms with Crippen LogP contribution in [0.15, 0.2) is 30.6 Å². The lowest BCUT2D eigenvalue weighted by atomic mass is 9.89. The number of H-pyrrole nitrogens is 1. The Morgan fingerprint density at radius 2 is 2.23 bits per heavy atom. The smallest absolute Gasteiger partial charge is 0.265 e. The van der Waals surface area contributed by atoms with Crippen molar-refractivity contribution in [2.75, 3.05) is 18.0 Å². The summed E-state index contributed by atoms with van der Waals surface area (Å²) < 4.78 is 0. The van der Waals surface area contributed by atoms with Gasteiger partial charge in [0.25, 0.3) is 5.91 Å². The van der Waals surface area contributed by atoms with Crippen molar-refractivity contribution in [1.29, 1.82) is 0 Å². The van der Waals surface area contributed by atoms with E-state index in [4.69, 9.17) is 0 Å². The van der Waals surface area contributed by atoms with E-state index in [0.29, 0.717) is 23.8 Å². The predicted molar refractivity (Wildman–Crippen MR) is 118 cm³/mol. The number of nitrogens with zero attached hydrogens (tertiary/aromatic N) is 4. The molecule has 8 heteroatoms. The van der Waals surface area contributed by atoms with Gasteiger partial charge in [-0.25, -0.2) is 9.97 Å². The SMILES string of the molecule is Cc1ncc(C(=O)N2CC=C(c3cc(N(C=O)C4CC4)nc4[nH]ccc34)C(C)C2)s1. The monoisotopic (exact) mass is 421 g/mol. The minimum atomic E-state index is 0.0332. The van der Waals surface area contributed by atoms with Crippen LogP contribution in [0, 0.1) is 12.8 Å². The number of hydrogen-bond donors (Lipinski definition) is 1. The Labute approximate surface area is 178 Å². The maximum Gasteiger partial charge on any atom is 0.265 e. The summed E-state index contributed by atoms with van der Waals surface area (Å²) in [5, 5.41) is 1.94.